The number of hydrogen-bond acceptors (Lipinski definition) is 3. The number of hydrogen-bond donors (Lipinski definition) is 1. The summed E-state index contributed by atoms with van der Waals surface area (Å²) in [5.41, 5.74) is 1.04. The normalized spacial score (nSPS) is 19.0. The van der Waals surface area contributed by atoms with Crippen LogP contribution in [0.4, 0.5) is 0 Å². The molecule has 1 saturated carbocycles. The van der Waals surface area contributed by atoms with Crippen molar-refractivity contribution in [3.05, 3.63) is 11.9 Å². The molecule has 4 heteroatoms. The van der Waals surface area contributed by atoms with Crippen molar-refractivity contribution in [2.75, 3.05) is 0 Å². The molecule has 0 radical (unpaired) electrons. The van der Waals surface area contributed by atoms with Crippen molar-refractivity contribution >= 4 is 0 Å². The van der Waals surface area contributed by atoms with Crippen LogP contribution < -0.4 is 5.32 Å². The van der Waals surface area contributed by atoms with Gasteiger partial charge in [0.15, 0.2) is 0 Å². The standard InChI is InChI=1S/C11H20N4/c1-15-9-11(13-14-15)8-12-10-6-4-2-3-5-7-10/h9-10,12H,2-8H2,1H3. The highest BCUT2D eigenvalue weighted by molar-refractivity contribution is 4.91. The topological polar surface area (TPSA) is 42.7 Å². The second-order valence-corrected chi connectivity index (χ2v) is 4.45. The van der Waals surface area contributed by atoms with Gasteiger partial charge >= 0.3 is 0 Å². The second kappa shape index (κ2) is 5.26. The van der Waals surface area contributed by atoms with E-state index in [-0.39, 0.29) is 0 Å². The summed E-state index contributed by atoms with van der Waals surface area (Å²) in [5, 5.41) is 11.6. The molecule has 1 N–H and O–H groups in total. The molecule has 0 unspecified atom stereocenters. The van der Waals surface area contributed by atoms with Gasteiger partial charge in [-0.3, -0.25) is 4.68 Å². The average molecular weight is 208 g/mol. The zero-order chi connectivity index (χ0) is 10.5. The lowest BCUT2D eigenvalue weighted by Crippen LogP contribution is -2.27. The van der Waals surface area contributed by atoms with E-state index in [9.17, 15) is 0 Å². The third kappa shape index (κ3) is 3.30. The monoisotopic (exact) mass is 208 g/mol. The number of rotatable bonds is 3. The highest BCUT2D eigenvalue weighted by Gasteiger charge is 2.11. The van der Waals surface area contributed by atoms with Crippen LogP contribution in [-0.4, -0.2) is 21.0 Å². The Morgan fingerprint density at radius 1 is 1.33 bits per heavy atom. The van der Waals surface area contributed by atoms with Crippen molar-refractivity contribution in [1.82, 2.24) is 20.3 Å². The van der Waals surface area contributed by atoms with Crippen LogP contribution in [0.2, 0.25) is 0 Å². The van der Waals surface area contributed by atoms with E-state index in [4.69, 9.17) is 0 Å². The molecule has 0 aliphatic heterocycles. The van der Waals surface area contributed by atoms with E-state index in [2.05, 4.69) is 15.6 Å². The van der Waals surface area contributed by atoms with Gasteiger partial charge < -0.3 is 5.32 Å². The lowest BCUT2D eigenvalue weighted by Gasteiger charge is -2.14. The number of nitrogens with zero attached hydrogens (tertiary/aromatic N) is 3. The van der Waals surface area contributed by atoms with Crippen LogP contribution in [0.3, 0.4) is 0 Å². The predicted octanol–water partition coefficient (Wildman–Crippen LogP) is 1.63. The molecule has 1 aliphatic rings. The van der Waals surface area contributed by atoms with Gasteiger partial charge in [0.1, 0.15) is 0 Å². The van der Waals surface area contributed by atoms with Crippen molar-refractivity contribution in [2.24, 2.45) is 7.05 Å². The van der Waals surface area contributed by atoms with E-state index >= 15 is 0 Å². The van der Waals surface area contributed by atoms with E-state index in [1.807, 2.05) is 13.2 Å². The van der Waals surface area contributed by atoms with Crippen molar-refractivity contribution in [2.45, 2.75) is 51.1 Å². The van der Waals surface area contributed by atoms with Crippen molar-refractivity contribution in [3.63, 3.8) is 0 Å². The van der Waals surface area contributed by atoms with Gasteiger partial charge in [-0.1, -0.05) is 30.9 Å². The van der Waals surface area contributed by atoms with Gasteiger partial charge in [0.05, 0.1) is 5.69 Å². The third-order valence-electron chi connectivity index (χ3n) is 3.08. The van der Waals surface area contributed by atoms with Gasteiger partial charge in [0.25, 0.3) is 0 Å². The number of nitrogens with one attached hydrogen (secondary N) is 1. The summed E-state index contributed by atoms with van der Waals surface area (Å²) in [6.07, 6.45) is 10.2. The molecule has 4 nitrogen and oxygen atoms in total. The molecule has 0 aromatic carbocycles. The SMILES string of the molecule is Cn1cc(CNC2CCCCCC2)nn1. The molecule has 0 atom stereocenters. The van der Waals surface area contributed by atoms with Gasteiger partial charge in [0.2, 0.25) is 0 Å². The van der Waals surface area contributed by atoms with Crippen LogP contribution in [0.5, 0.6) is 0 Å². The Balaban J connectivity index is 1.76. The molecule has 0 bridgehead atoms. The highest BCUT2D eigenvalue weighted by atomic mass is 15.4. The summed E-state index contributed by atoms with van der Waals surface area (Å²) >= 11 is 0. The summed E-state index contributed by atoms with van der Waals surface area (Å²) in [6.45, 7) is 0.860. The van der Waals surface area contributed by atoms with E-state index in [0.717, 1.165) is 12.2 Å². The lowest BCUT2D eigenvalue weighted by molar-refractivity contribution is 0.456. The Bertz CT molecular complexity index is 287. The first kappa shape index (κ1) is 10.6. The first-order chi connectivity index (χ1) is 7.34. The fourth-order valence-electron chi connectivity index (χ4n) is 2.21. The van der Waals surface area contributed by atoms with Crippen molar-refractivity contribution in [1.29, 1.82) is 0 Å². The highest BCUT2D eigenvalue weighted by Crippen LogP contribution is 2.17. The van der Waals surface area contributed by atoms with Gasteiger partial charge in [-0.05, 0) is 12.8 Å². The van der Waals surface area contributed by atoms with Gasteiger partial charge in [0, 0.05) is 25.8 Å². The van der Waals surface area contributed by atoms with Crippen LogP contribution in [0.1, 0.15) is 44.2 Å². The molecule has 1 aromatic heterocycles. The molecule has 1 aliphatic carbocycles. The molecule has 1 fully saturated rings. The Morgan fingerprint density at radius 2 is 2.07 bits per heavy atom. The van der Waals surface area contributed by atoms with Crippen LogP contribution in [0, 0.1) is 0 Å². The van der Waals surface area contributed by atoms with E-state index in [1.165, 1.54) is 38.5 Å². The summed E-state index contributed by atoms with van der Waals surface area (Å²) in [6, 6.07) is 0.689. The fraction of sp³-hybridized carbons (Fsp3) is 0.818. The van der Waals surface area contributed by atoms with Crippen LogP contribution in [0.15, 0.2) is 6.20 Å². The Morgan fingerprint density at radius 3 is 2.67 bits per heavy atom. The quantitative estimate of drug-likeness (QED) is 0.768. The van der Waals surface area contributed by atoms with Crippen LogP contribution in [0.25, 0.3) is 0 Å². The molecule has 2 rings (SSSR count). The fourth-order valence-corrected chi connectivity index (χ4v) is 2.21. The Labute approximate surface area is 91.1 Å². The van der Waals surface area contributed by atoms with Crippen LogP contribution >= 0.6 is 0 Å². The summed E-state index contributed by atoms with van der Waals surface area (Å²) in [4.78, 5) is 0. The van der Waals surface area contributed by atoms with E-state index < -0.39 is 0 Å². The predicted molar refractivity (Wildman–Crippen MR) is 59.3 cm³/mol. The molecule has 1 aromatic rings. The summed E-state index contributed by atoms with van der Waals surface area (Å²) in [7, 11) is 1.90. The maximum Gasteiger partial charge on any atom is 0.0964 e. The Hall–Kier alpha value is -0.900. The van der Waals surface area contributed by atoms with Gasteiger partial charge in [-0.2, -0.15) is 0 Å². The first-order valence-corrected chi connectivity index (χ1v) is 5.93. The minimum Gasteiger partial charge on any atom is -0.308 e. The second-order valence-electron chi connectivity index (χ2n) is 4.45. The Kier molecular flexibility index (Phi) is 3.72. The number of aromatic nitrogens is 3. The first-order valence-electron chi connectivity index (χ1n) is 5.93. The minimum absolute atomic E-state index is 0.689. The average Bonchev–Trinajstić information content (AvgIpc) is 2.52. The van der Waals surface area contributed by atoms with Crippen molar-refractivity contribution < 1.29 is 0 Å². The largest absolute Gasteiger partial charge is 0.308 e. The van der Waals surface area contributed by atoms with E-state index in [0.29, 0.717) is 6.04 Å². The molecule has 0 spiro atoms. The summed E-state index contributed by atoms with van der Waals surface area (Å²) < 4.78 is 1.75. The lowest BCUT2D eigenvalue weighted by atomic mass is 10.1. The van der Waals surface area contributed by atoms with Crippen molar-refractivity contribution in [3.8, 4) is 0 Å². The molecule has 15 heavy (non-hydrogen) atoms. The van der Waals surface area contributed by atoms with E-state index in [1.54, 1.807) is 4.68 Å². The maximum atomic E-state index is 4.07. The molecule has 1 heterocycles. The molecular weight excluding hydrogens is 188 g/mol. The minimum atomic E-state index is 0.689. The number of aryl methyl sites for hydroxylation is 1. The molecule has 0 saturated heterocycles. The molecule has 0 amide bonds. The molecule has 84 valence electrons. The van der Waals surface area contributed by atoms with Gasteiger partial charge in [-0.15, -0.1) is 5.10 Å². The third-order valence-corrected chi connectivity index (χ3v) is 3.08. The maximum absolute atomic E-state index is 4.07. The molecular formula is C11H20N4. The zero-order valence-electron chi connectivity index (χ0n) is 9.45. The summed E-state index contributed by atoms with van der Waals surface area (Å²) in [5.74, 6) is 0. The van der Waals surface area contributed by atoms with Gasteiger partial charge in [-0.25, -0.2) is 0 Å². The van der Waals surface area contributed by atoms with Crippen LogP contribution in [-0.2, 0) is 13.6 Å². The zero-order valence-corrected chi connectivity index (χ0v) is 9.45. The smallest absolute Gasteiger partial charge is 0.0964 e.